The monoisotopic (exact) mass is 1200 g/mol. The minimum absolute atomic E-state index is 0.295. The number of nitrogens with zero attached hydrogens (tertiary/aromatic N) is 10. The van der Waals surface area contributed by atoms with Gasteiger partial charge in [0.2, 0.25) is 0 Å². The molecule has 0 aromatic heterocycles. The second-order valence-corrected chi connectivity index (χ2v) is 23.9. The number of hydrogen-bond donors (Lipinski definition) is 0. The molecule has 0 aromatic rings. The number of ketones is 6. The zero-order valence-corrected chi connectivity index (χ0v) is 58.0. The molecule has 0 N–H and O–H groups in total. The molecule has 0 heterocycles. The Morgan fingerprint density at radius 2 is 0.271 bits per heavy atom. The van der Waals surface area contributed by atoms with Crippen molar-refractivity contribution in [2.24, 2.45) is 0 Å². The third kappa shape index (κ3) is 46.4. The Balaban J connectivity index is 6.59. The second-order valence-electron chi connectivity index (χ2n) is 23.9. The molecule has 85 heavy (non-hydrogen) atoms. The summed E-state index contributed by atoms with van der Waals surface area (Å²) >= 11 is 0. The maximum Gasteiger partial charge on any atom is 0.134 e. The van der Waals surface area contributed by atoms with Crippen molar-refractivity contribution in [3.63, 3.8) is 0 Å². The molecule has 0 aliphatic carbocycles. The normalized spacial score (nSPS) is 12.2. The zero-order valence-electron chi connectivity index (χ0n) is 58.0. The van der Waals surface area contributed by atoms with Crippen molar-refractivity contribution >= 4 is 34.7 Å². The first-order valence-electron chi connectivity index (χ1n) is 35.4. The standard InChI is InChI=1S/C69H138N10O6/c1-13-70(14-2)46-25-34-64(80)40-58-77(59-41-65(81)35-26-47-71(15-3)16-4)55-31-52-76(53-32-56-78(60-42-66(82)36-27-48-72(17-5)18-6)61-43-67(83)37-28-49-73(19-7)20-8)54-33-57-79(62-44-68(84)38-29-50-74(21-9)22-10)63-45-69(85)39-30-51-75(23-11)24-12/h13-63H2,1-12H3. The van der Waals surface area contributed by atoms with Crippen molar-refractivity contribution in [2.45, 2.75) is 218 Å². The predicted octanol–water partition coefficient (Wildman–Crippen LogP) is 9.85. The van der Waals surface area contributed by atoms with Crippen molar-refractivity contribution in [1.29, 1.82) is 0 Å². The zero-order chi connectivity index (χ0) is 63.3. The van der Waals surface area contributed by atoms with E-state index in [0.29, 0.717) is 151 Å². The van der Waals surface area contributed by atoms with Crippen molar-refractivity contribution in [3.8, 4) is 0 Å². The van der Waals surface area contributed by atoms with Crippen molar-refractivity contribution < 1.29 is 28.8 Å². The molecule has 0 aliphatic rings. The Bertz CT molecular complexity index is 1350. The van der Waals surface area contributed by atoms with Gasteiger partial charge in [0.05, 0.1) is 0 Å². The molecular formula is C69H138N10O6. The van der Waals surface area contributed by atoms with Crippen LogP contribution in [-0.4, -0.2) is 280 Å². The first-order valence-corrected chi connectivity index (χ1v) is 35.4. The van der Waals surface area contributed by atoms with Gasteiger partial charge in [-0.05, 0) is 215 Å². The van der Waals surface area contributed by atoms with E-state index in [0.717, 1.165) is 215 Å². The molecule has 0 spiro atoms. The van der Waals surface area contributed by atoms with Gasteiger partial charge in [-0.2, -0.15) is 0 Å². The van der Waals surface area contributed by atoms with Crippen LogP contribution in [0.4, 0.5) is 0 Å². The number of rotatable bonds is 66. The molecule has 0 bridgehead atoms. The molecular weight excluding hydrogens is 1060 g/mol. The van der Waals surface area contributed by atoms with E-state index in [1.807, 2.05) is 0 Å². The van der Waals surface area contributed by atoms with E-state index in [4.69, 9.17) is 0 Å². The van der Waals surface area contributed by atoms with E-state index in [1.165, 1.54) is 0 Å². The molecule has 0 radical (unpaired) electrons. The smallest absolute Gasteiger partial charge is 0.134 e. The van der Waals surface area contributed by atoms with E-state index in [9.17, 15) is 28.8 Å². The first kappa shape index (κ1) is 82.6. The van der Waals surface area contributed by atoms with E-state index in [1.54, 1.807) is 0 Å². The Kier molecular flexibility index (Phi) is 55.2. The van der Waals surface area contributed by atoms with Gasteiger partial charge in [-0.1, -0.05) is 83.1 Å². The highest BCUT2D eigenvalue weighted by molar-refractivity contribution is 5.80. The summed E-state index contributed by atoms with van der Waals surface area (Å²) in [7, 11) is 0. The van der Waals surface area contributed by atoms with Gasteiger partial charge in [0.15, 0.2) is 0 Å². The van der Waals surface area contributed by atoms with Crippen LogP contribution < -0.4 is 0 Å². The van der Waals surface area contributed by atoms with Crippen LogP contribution in [0.2, 0.25) is 0 Å². The third-order valence-corrected chi connectivity index (χ3v) is 18.0. The molecule has 500 valence electrons. The van der Waals surface area contributed by atoms with E-state index in [-0.39, 0.29) is 0 Å². The second kappa shape index (κ2) is 56.8. The average Bonchev–Trinajstić information content (AvgIpc) is 3.51. The molecule has 16 heteroatoms. The summed E-state index contributed by atoms with van der Waals surface area (Å²) in [6.45, 7) is 52.5. The molecule has 0 aliphatic heterocycles. The molecule has 0 rings (SSSR count). The lowest BCUT2D eigenvalue weighted by atomic mass is 10.1. The topological polar surface area (TPSA) is 135 Å². The average molecular weight is 1200 g/mol. The summed E-state index contributed by atoms with van der Waals surface area (Å²) in [4.78, 5) is 104. The van der Waals surface area contributed by atoms with Gasteiger partial charge in [-0.3, -0.25) is 28.8 Å². The summed E-state index contributed by atoms with van der Waals surface area (Å²) in [5.41, 5.74) is 0. The lowest BCUT2D eigenvalue weighted by Crippen LogP contribution is -2.37. The lowest BCUT2D eigenvalue weighted by molar-refractivity contribution is -0.121. The highest BCUT2D eigenvalue weighted by Gasteiger charge is 2.18. The minimum Gasteiger partial charge on any atom is -0.304 e. The summed E-state index contributed by atoms with van der Waals surface area (Å²) in [6.07, 6.45) is 14.4. The van der Waals surface area contributed by atoms with Gasteiger partial charge in [0.1, 0.15) is 34.7 Å². The first-order chi connectivity index (χ1) is 41.1. The van der Waals surface area contributed by atoms with Crippen LogP contribution in [0.3, 0.4) is 0 Å². The highest BCUT2D eigenvalue weighted by Crippen LogP contribution is 2.12. The molecule has 0 amide bonds. The maximum absolute atomic E-state index is 13.3. The molecule has 0 saturated carbocycles. The van der Waals surface area contributed by atoms with Gasteiger partial charge in [-0.25, -0.2) is 0 Å². The summed E-state index contributed by atoms with van der Waals surface area (Å²) < 4.78 is 0. The SMILES string of the molecule is CCN(CC)CCCC(=O)CCN(CCCN(CCCN(CCC(=O)CCCN(CC)CC)CCC(=O)CCCN(CC)CC)CCCN(CCC(=O)CCCN(CC)CC)CCC(=O)CCCN(CC)CC)CCC(=O)CCCN(CC)CC. The van der Waals surface area contributed by atoms with Crippen molar-refractivity contribution in [3.05, 3.63) is 0 Å². The molecule has 16 nitrogen and oxygen atoms in total. The fourth-order valence-electron chi connectivity index (χ4n) is 11.6. The molecule has 0 saturated heterocycles. The van der Waals surface area contributed by atoms with Gasteiger partial charge in [0, 0.05) is 116 Å². The van der Waals surface area contributed by atoms with Gasteiger partial charge in [-0.15, -0.1) is 0 Å². The van der Waals surface area contributed by atoms with Crippen LogP contribution in [0.15, 0.2) is 0 Å². The van der Waals surface area contributed by atoms with Gasteiger partial charge < -0.3 is 49.0 Å². The van der Waals surface area contributed by atoms with Crippen LogP contribution in [0.5, 0.6) is 0 Å². The van der Waals surface area contributed by atoms with Crippen LogP contribution in [-0.2, 0) is 28.8 Å². The summed E-state index contributed by atoms with van der Waals surface area (Å²) in [5.74, 6) is 1.77. The van der Waals surface area contributed by atoms with E-state index >= 15 is 0 Å². The fraction of sp³-hybridized carbons (Fsp3) is 0.913. The lowest BCUT2D eigenvalue weighted by Gasteiger charge is -2.29. The number of Topliss-reactive ketones (excluding diaryl/α,β-unsaturated/α-hetero) is 6. The fourth-order valence-corrected chi connectivity index (χ4v) is 11.6. The largest absolute Gasteiger partial charge is 0.304 e. The number of carbonyl (C=O) groups is 6. The molecule has 0 fully saturated rings. The predicted molar refractivity (Wildman–Crippen MR) is 359 cm³/mol. The summed E-state index contributed by atoms with van der Waals surface area (Å²) in [6, 6.07) is 0. The highest BCUT2D eigenvalue weighted by atomic mass is 16.1. The number of hydrogen-bond acceptors (Lipinski definition) is 16. The Morgan fingerprint density at radius 3 is 0.400 bits per heavy atom. The van der Waals surface area contributed by atoms with Crippen LogP contribution in [0, 0.1) is 0 Å². The Labute approximate surface area is 524 Å². The van der Waals surface area contributed by atoms with Crippen LogP contribution in [0.1, 0.15) is 218 Å². The van der Waals surface area contributed by atoms with Gasteiger partial charge in [0.25, 0.3) is 0 Å². The van der Waals surface area contributed by atoms with Crippen LogP contribution >= 0.6 is 0 Å². The van der Waals surface area contributed by atoms with Crippen molar-refractivity contribution in [2.75, 3.05) is 196 Å². The minimum atomic E-state index is 0.295. The van der Waals surface area contributed by atoms with E-state index in [2.05, 4.69) is 132 Å². The Morgan fingerprint density at radius 1 is 0.153 bits per heavy atom. The maximum atomic E-state index is 13.3. The number of carbonyl (C=O) groups excluding carboxylic acids is 6. The Hall–Kier alpha value is -2.38. The third-order valence-electron chi connectivity index (χ3n) is 18.0. The van der Waals surface area contributed by atoms with Crippen LogP contribution in [0.25, 0.3) is 0 Å². The van der Waals surface area contributed by atoms with E-state index < -0.39 is 0 Å². The summed E-state index contributed by atoms with van der Waals surface area (Å²) in [5, 5.41) is 0. The molecule has 0 unspecified atom stereocenters. The van der Waals surface area contributed by atoms with Gasteiger partial charge >= 0.3 is 0 Å². The quantitative estimate of drug-likeness (QED) is 0.0571. The molecule has 0 atom stereocenters. The molecule has 0 aromatic carbocycles. The van der Waals surface area contributed by atoms with Crippen molar-refractivity contribution in [1.82, 2.24) is 49.0 Å².